The van der Waals surface area contributed by atoms with E-state index in [-0.39, 0.29) is 35.4 Å². The lowest BCUT2D eigenvalue weighted by molar-refractivity contribution is -0.125. The van der Waals surface area contributed by atoms with Gasteiger partial charge in [-0.15, -0.1) is 0 Å². The van der Waals surface area contributed by atoms with Gasteiger partial charge in [0.05, 0.1) is 5.69 Å². The van der Waals surface area contributed by atoms with Gasteiger partial charge in [-0.3, -0.25) is 14.7 Å². The van der Waals surface area contributed by atoms with E-state index in [1.165, 1.54) is 17.0 Å². The molecule has 0 aliphatic carbocycles. The number of H-pyrrole nitrogens is 1. The summed E-state index contributed by atoms with van der Waals surface area (Å²) in [5.41, 5.74) is 7.46. The number of likely N-dealkylation sites (tertiary alicyclic amines) is 1. The molecule has 1 aliphatic rings. The molecule has 1 fully saturated rings. The zero-order chi connectivity index (χ0) is 18.8. The van der Waals surface area contributed by atoms with Crippen LogP contribution in [-0.4, -0.2) is 51.6 Å². The first-order valence-corrected chi connectivity index (χ1v) is 8.53. The maximum Gasteiger partial charge on any atom is 0.272 e. The second-order valence-electron chi connectivity index (χ2n) is 6.81. The topological polar surface area (TPSA) is 104 Å². The molecule has 1 aliphatic heterocycles. The molecule has 2 aromatic rings. The Bertz CT molecular complexity index is 802. The van der Waals surface area contributed by atoms with Crippen molar-refractivity contribution in [3.8, 4) is 11.3 Å². The Morgan fingerprint density at radius 1 is 1.35 bits per heavy atom. The van der Waals surface area contributed by atoms with E-state index in [1.54, 1.807) is 18.2 Å². The second-order valence-corrected chi connectivity index (χ2v) is 6.81. The minimum Gasteiger partial charge on any atom is -0.352 e. The van der Waals surface area contributed by atoms with Crippen molar-refractivity contribution in [1.29, 1.82) is 0 Å². The predicted octanol–water partition coefficient (Wildman–Crippen LogP) is 1.28. The number of benzene rings is 1. The molecular weight excluding hydrogens is 337 g/mol. The molecule has 138 valence electrons. The lowest BCUT2D eigenvalue weighted by atomic mass is 10.1. The fourth-order valence-electron chi connectivity index (χ4n) is 3.08. The van der Waals surface area contributed by atoms with Crippen LogP contribution in [0.2, 0.25) is 0 Å². The third-order valence-electron chi connectivity index (χ3n) is 4.28. The Balaban J connectivity index is 1.79. The Kier molecular flexibility index (Phi) is 5.03. The van der Waals surface area contributed by atoms with Crippen LogP contribution in [0.15, 0.2) is 30.3 Å². The Labute approximate surface area is 150 Å². The summed E-state index contributed by atoms with van der Waals surface area (Å²) < 4.78 is 13.0. The van der Waals surface area contributed by atoms with E-state index < -0.39 is 6.04 Å². The molecule has 4 N–H and O–H groups in total. The molecule has 1 aromatic heterocycles. The summed E-state index contributed by atoms with van der Waals surface area (Å²) in [5.74, 6) is -0.882. The molecule has 8 heteroatoms. The van der Waals surface area contributed by atoms with E-state index in [4.69, 9.17) is 5.73 Å². The lowest BCUT2D eigenvalue weighted by Crippen LogP contribution is -2.47. The van der Waals surface area contributed by atoms with Gasteiger partial charge in [0.1, 0.15) is 17.6 Å². The number of hydrogen-bond donors (Lipinski definition) is 3. The number of aromatic amines is 1. The number of nitrogens with one attached hydrogen (secondary N) is 2. The molecule has 1 aromatic carbocycles. The molecule has 3 rings (SSSR count). The molecular formula is C18H22FN5O2. The highest BCUT2D eigenvalue weighted by atomic mass is 19.1. The van der Waals surface area contributed by atoms with Gasteiger partial charge in [-0.05, 0) is 50.6 Å². The SMILES string of the molecule is CC(C)NC(=O)[C@@H]1C[C@@H](N)CN1C(=O)c1cc(-c2ccc(F)cc2)n[nH]1. The maximum absolute atomic E-state index is 13.0. The van der Waals surface area contributed by atoms with Gasteiger partial charge in [0.15, 0.2) is 0 Å². The van der Waals surface area contributed by atoms with Crippen molar-refractivity contribution in [2.24, 2.45) is 5.73 Å². The van der Waals surface area contributed by atoms with Crippen molar-refractivity contribution in [1.82, 2.24) is 20.4 Å². The quantitative estimate of drug-likeness (QED) is 0.765. The molecule has 2 amide bonds. The monoisotopic (exact) mass is 359 g/mol. The van der Waals surface area contributed by atoms with E-state index in [2.05, 4.69) is 15.5 Å². The van der Waals surface area contributed by atoms with Crippen LogP contribution in [0.25, 0.3) is 11.3 Å². The molecule has 26 heavy (non-hydrogen) atoms. The minimum atomic E-state index is -0.600. The van der Waals surface area contributed by atoms with Crippen LogP contribution in [0.5, 0.6) is 0 Å². The summed E-state index contributed by atoms with van der Waals surface area (Å²) in [4.78, 5) is 26.7. The first-order chi connectivity index (χ1) is 12.3. The standard InChI is InChI=1S/C18H22FN5O2/c1-10(2)21-17(25)16-7-13(20)9-24(16)18(26)15-8-14(22-23-15)11-3-5-12(19)6-4-11/h3-6,8,10,13,16H,7,9,20H2,1-2H3,(H,21,25)(H,22,23)/t13-,16+/m1/s1. The van der Waals surface area contributed by atoms with E-state index >= 15 is 0 Å². The van der Waals surface area contributed by atoms with Crippen LogP contribution in [0.3, 0.4) is 0 Å². The first-order valence-electron chi connectivity index (χ1n) is 8.53. The molecule has 0 saturated carbocycles. The Morgan fingerprint density at radius 2 is 2.04 bits per heavy atom. The first kappa shape index (κ1) is 18.1. The second kappa shape index (κ2) is 7.25. The van der Waals surface area contributed by atoms with E-state index in [1.807, 2.05) is 13.8 Å². The average molecular weight is 359 g/mol. The van der Waals surface area contributed by atoms with Crippen molar-refractivity contribution in [2.45, 2.75) is 38.4 Å². The van der Waals surface area contributed by atoms with Crippen molar-refractivity contribution in [3.63, 3.8) is 0 Å². The van der Waals surface area contributed by atoms with Gasteiger partial charge >= 0.3 is 0 Å². The van der Waals surface area contributed by atoms with Gasteiger partial charge in [0, 0.05) is 24.2 Å². The number of carbonyl (C=O) groups is 2. The van der Waals surface area contributed by atoms with Gasteiger partial charge in [0.2, 0.25) is 5.91 Å². The lowest BCUT2D eigenvalue weighted by Gasteiger charge is -2.24. The van der Waals surface area contributed by atoms with Crippen LogP contribution in [0.1, 0.15) is 30.8 Å². The summed E-state index contributed by atoms with van der Waals surface area (Å²) in [6.45, 7) is 4.03. The normalized spacial score (nSPS) is 19.8. The average Bonchev–Trinajstić information content (AvgIpc) is 3.21. The van der Waals surface area contributed by atoms with Gasteiger partial charge in [-0.25, -0.2) is 4.39 Å². The predicted molar refractivity (Wildman–Crippen MR) is 94.7 cm³/mol. The fraction of sp³-hybridized carbons (Fsp3) is 0.389. The molecule has 1 saturated heterocycles. The van der Waals surface area contributed by atoms with Gasteiger partial charge in [0.25, 0.3) is 5.91 Å². The zero-order valence-corrected chi connectivity index (χ0v) is 14.7. The van der Waals surface area contributed by atoms with E-state index in [0.717, 1.165) is 0 Å². The van der Waals surface area contributed by atoms with Crippen LogP contribution in [0, 0.1) is 5.82 Å². The molecule has 0 unspecified atom stereocenters. The highest BCUT2D eigenvalue weighted by Gasteiger charge is 2.39. The number of aromatic nitrogens is 2. The Morgan fingerprint density at radius 3 is 2.69 bits per heavy atom. The summed E-state index contributed by atoms with van der Waals surface area (Å²) in [5, 5.41) is 9.65. The summed E-state index contributed by atoms with van der Waals surface area (Å²) in [7, 11) is 0. The van der Waals surface area contributed by atoms with Gasteiger partial charge in [-0.2, -0.15) is 5.10 Å². The van der Waals surface area contributed by atoms with E-state index in [9.17, 15) is 14.0 Å². The highest BCUT2D eigenvalue weighted by molar-refractivity contribution is 5.97. The summed E-state index contributed by atoms with van der Waals surface area (Å²) in [6.07, 6.45) is 0.420. The van der Waals surface area contributed by atoms with Crippen molar-refractivity contribution in [3.05, 3.63) is 41.8 Å². The number of halogens is 1. The van der Waals surface area contributed by atoms with Gasteiger partial charge < -0.3 is 16.0 Å². The van der Waals surface area contributed by atoms with Crippen molar-refractivity contribution >= 4 is 11.8 Å². The molecule has 7 nitrogen and oxygen atoms in total. The van der Waals surface area contributed by atoms with Crippen LogP contribution >= 0.6 is 0 Å². The number of carbonyl (C=O) groups excluding carboxylic acids is 2. The van der Waals surface area contributed by atoms with Crippen LogP contribution in [0.4, 0.5) is 4.39 Å². The summed E-state index contributed by atoms with van der Waals surface area (Å²) >= 11 is 0. The molecule has 0 spiro atoms. The minimum absolute atomic E-state index is 0.0199. The molecule has 2 atom stereocenters. The number of nitrogens with zero attached hydrogens (tertiary/aromatic N) is 2. The van der Waals surface area contributed by atoms with E-state index in [0.29, 0.717) is 24.2 Å². The smallest absolute Gasteiger partial charge is 0.272 e. The highest BCUT2D eigenvalue weighted by Crippen LogP contribution is 2.22. The van der Waals surface area contributed by atoms with Crippen molar-refractivity contribution < 1.29 is 14.0 Å². The molecule has 0 radical (unpaired) electrons. The van der Waals surface area contributed by atoms with Crippen LogP contribution < -0.4 is 11.1 Å². The van der Waals surface area contributed by atoms with Crippen molar-refractivity contribution in [2.75, 3.05) is 6.54 Å². The third-order valence-corrected chi connectivity index (χ3v) is 4.28. The zero-order valence-electron chi connectivity index (χ0n) is 14.7. The largest absolute Gasteiger partial charge is 0.352 e. The number of hydrogen-bond acceptors (Lipinski definition) is 4. The maximum atomic E-state index is 13.0. The Hall–Kier alpha value is -2.74. The summed E-state index contributed by atoms with van der Waals surface area (Å²) in [6, 6.07) is 6.56. The van der Waals surface area contributed by atoms with Gasteiger partial charge in [-0.1, -0.05) is 0 Å². The number of rotatable bonds is 4. The number of amides is 2. The fourth-order valence-corrected chi connectivity index (χ4v) is 3.08. The molecule has 0 bridgehead atoms. The van der Waals surface area contributed by atoms with Crippen LogP contribution in [-0.2, 0) is 4.79 Å². The number of nitrogens with two attached hydrogens (primary N) is 1. The third kappa shape index (κ3) is 3.75. The molecule has 2 heterocycles.